The third kappa shape index (κ3) is 8.46. The summed E-state index contributed by atoms with van der Waals surface area (Å²) in [5, 5.41) is 1.81. The molecule has 0 bridgehead atoms. The van der Waals surface area contributed by atoms with E-state index in [1.807, 2.05) is 0 Å². The van der Waals surface area contributed by atoms with Crippen molar-refractivity contribution in [2.24, 2.45) is 0 Å². The fraction of sp³-hybridized carbons (Fsp3) is 0.176. The molecule has 246 valence electrons. The van der Waals surface area contributed by atoms with Gasteiger partial charge >= 0.3 is 11.9 Å². The lowest BCUT2D eigenvalue weighted by atomic mass is 10.2. The van der Waals surface area contributed by atoms with Crippen LogP contribution in [0.3, 0.4) is 0 Å². The lowest BCUT2D eigenvalue weighted by molar-refractivity contribution is 0.00230. The van der Waals surface area contributed by atoms with Gasteiger partial charge in [0.25, 0.3) is 0 Å². The molecule has 0 fully saturated rings. The van der Waals surface area contributed by atoms with Gasteiger partial charge in [0.1, 0.15) is 24.2 Å². The van der Waals surface area contributed by atoms with Gasteiger partial charge in [0.15, 0.2) is 11.2 Å². The van der Waals surface area contributed by atoms with Gasteiger partial charge in [-0.25, -0.2) is 19.6 Å². The number of esters is 2. The van der Waals surface area contributed by atoms with E-state index in [1.54, 1.807) is 72.8 Å². The fourth-order valence-electron chi connectivity index (χ4n) is 4.58. The number of hydrogen-bond acceptors (Lipinski definition) is 10. The molecule has 14 heteroatoms. The Morgan fingerprint density at radius 2 is 0.896 bits per heavy atom. The number of halogens is 4. The van der Waals surface area contributed by atoms with Gasteiger partial charge in [-0.05, 0) is 72.8 Å². The van der Waals surface area contributed by atoms with E-state index >= 15 is 0 Å². The molecule has 0 aliphatic rings. The number of carbonyl (C=O) groups excluding carboxylic acids is 2. The van der Waals surface area contributed by atoms with Crippen molar-refractivity contribution in [3.63, 3.8) is 0 Å². The van der Waals surface area contributed by atoms with Crippen LogP contribution < -0.4 is 0 Å². The average Bonchev–Trinajstić information content (AvgIpc) is 3.68. The number of oxazole rings is 2. The number of nitrogens with zero attached hydrogens (tertiary/aromatic N) is 2. The van der Waals surface area contributed by atoms with Crippen LogP contribution in [0.4, 0.5) is 0 Å². The molecule has 0 saturated carbocycles. The molecule has 48 heavy (non-hydrogen) atoms. The molecule has 2 aromatic heterocycles. The first-order valence-corrected chi connectivity index (χ1v) is 16.0. The van der Waals surface area contributed by atoms with Crippen molar-refractivity contribution < 1.29 is 37.4 Å². The summed E-state index contributed by atoms with van der Waals surface area (Å²) in [5.74, 6) is -0.406. The monoisotopic (exact) mass is 728 g/mol. The number of fused-ring (bicyclic) bond motifs is 2. The Kier molecular flexibility index (Phi) is 10.8. The number of benzene rings is 4. The van der Waals surface area contributed by atoms with Crippen molar-refractivity contribution in [2.45, 2.75) is 0 Å². The molecule has 6 aromatic rings. The highest BCUT2D eigenvalue weighted by atomic mass is 35.5. The first kappa shape index (κ1) is 33.7. The van der Waals surface area contributed by atoms with Gasteiger partial charge in [0.05, 0.1) is 37.6 Å². The van der Waals surface area contributed by atoms with E-state index in [2.05, 4.69) is 9.97 Å². The standard InChI is InChI=1S/C34H24Cl4N2O8/c35-23-11-21(12-24(36)17-23)31-39-27-3-1-19(15-29(27)47-31)33(41)45-9-7-43-5-6-44-8-10-46-34(42)20-2-4-28-30(16-20)48-32(40-28)22-13-25(37)18-26(38)14-22/h1-4,11-18H,5-10H2. The Hall–Kier alpha value is -4.16. The smallest absolute Gasteiger partial charge is 0.338 e. The molecule has 0 amide bonds. The third-order valence-electron chi connectivity index (χ3n) is 6.76. The van der Waals surface area contributed by atoms with Gasteiger partial charge in [0.2, 0.25) is 11.8 Å². The summed E-state index contributed by atoms with van der Waals surface area (Å²) in [4.78, 5) is 33.9. The molecule has 4 aromatic carbocycles. The molecule has 0 aliphatic carbocycles. The number of hydrogen-bond donors (Lipinski definition) is 0. The van der Waals surface area contributed by atoms with Crippen LogP contribution in [-0.2, 0) is 18.9 Å². The largest absolute Gasteiger partial charge is 0.460 e. The Bertz CT molecular complexity index is 1920. The molecular weight excluding hydrogens is 706 g/mol. The molecule has 0 saturated heterocycles. The normalized spacial score (nSPS) is 11.3. The maximum absolute atomic E-state index is 12.5. The van der Waals surface area contributed by atoms with Crippen LogP contribution in [0.15, 0.2) is 81.6 Å². The zero-order valence-corrected chi connectivity index (χ0v) is 27.9. The molecule has 0 atom stereocenters. The molecule has 10 nitrogen and oxygen atoms in total. The van der Waals surface area contributed by atoms with Crippen molar-refractivity contribution >= 4 is 80.5 Å². The molecule has 0 unspecified atom stereocenters. The van der Waals surface area contributed by atoms with E-state index in [4.69, 9.17) is 74.2 Å². The number of rotatable bonds is 13. The van der Waals surface area contributed by atoms with Crippen molar-refractivity contribution in [1.29, 1.82) is 0 Å². The predicted molar refractivity (Wildman–Crippen MR) is 181 cm³/mol. The summed E-state index contributed by atoms with van der Waals surface area (Å²) in [5.41, 5.74) is 3.82. The Balaban J connectivity index is 0.870. The summed E-state index contributed by atoms with van der Waals surface area (Å²) < 4.78 is 33.1. The van der Waals surface area contributed by atoms with Crippen LogP contribution >= 0.6 is 46.4 Å². The highest BCUT2D eigenvalue weighted by molar-refractivity contribution is 6.35. The Labute approximate surface area is 293 Å². The van der Waals surface area contributed by atoms with E-state index in [-0.39, 0.29) is 39.6 Å². The second-order valence-corrected chi connectivity index (χ2v) is 12.0. The van der Waals surface area contributed by atoms with Crippen molar-refractivity contribution in [3.8, 4) is 22.9 Å². The van der Waals surface area contributed by atoms with Gasteiger partial charge < -0.3 is 27.8 Å². The summed E-state index contributed by atoms with van der Waals surface area (Å²) in [6, 6.07) is 19.6. The predicted octanol–water partition coefficient (Wildman–Crippen LogP) is 8.96. The Morgan fingerprint density at radius 3 is 1.29 bits per heavy atom. The zero-order valence-electron chi connectivity index (χ0n) is 24.8. The number of carbonyl (C=O) groups is 2. The second kappa shape index (κ2) is 15.4. The van der Waals surface area contributed by atoms with Crippen LogP contribution in [0.25, 0.3) is 45.1 Å². The van der Waals surface area contributed by atoms with E-state index in [1.165, 1.54) is 0 Å². The van der Waals surface area contributed by atoms with Crippen molar-refractivity contribution in [1.82, 2.24) is 9.97 Å². The molecule has 0 radical (unpaired) electrons. The van der Waals surface area contributed by atoms with Crippen LogP contribution in [0.5, 0.6) is 0 Å². The minimum atomic E-state index is -0.531. The molecule has 0 aliphatic heterocycles. The minimum Gasteiger partial charge on any atom is -0.460 e. The van der Waals surface area contributed by atoms with Gasteiger partial charge in [-0.1, -0.05) is 46.4 Å². The fourth-order valence-corrected chi connectivity index (χ4v) is 5.63. The quantitative estimate of drug-likeness (QED) is 0.0841. The first-order valence-electron chi connectivity index (χ1n) is 14.5. The van der Waals surface area contributed by atoms with Crippen LogP contribution in [0.2, 0.25) is 20.1 Å². The maximum atomic E-state index is 12.5. The molecular formula is C34H24Cl4N2O8. The zero-order chi connectivity index (χ0) is 33.6. The van der Waals surface area contributed by atoms with E-state index in [0.717, 1.165) is 0 Å². The summed E-state index contributed by atoms with van der Waals surface area (Å²) >= 11 is 24.3. The minimum absolute atomic E-state index is 0.0427. The van der Waals surface area contributed by atoms with E-state index < -0.39 is 11.9 Å². The molecule has 2 heterocycles. The van der Waals surface area contributed by atoms with Crippen LogP contribution in [0, 0.1) is 0 Å². The lowest BCUT2D eigenvalue weighted by Crippen LogP contribution is -2.15. The van der Waals surface area contributed by atoms with Crippen LogP contribution in [-0.4, -0.2) is 61.5 Å². The topological polar surface area (TPSA) is 123 Å². The maximum Gasteiger partial charge on any atom is 0.338 e. The molecule has 0 spiro atoms. The van der Waals surface area contributed by atoms with E-state index in [9.17, 15) is 9.59 Å². The van der Waals surface area contributed by atoms with Gasteiger partial charge in [-0.3, -0.25) is 0 Å². The summed E-state index contributed by atoms with van der Waals surface area (Å²) in [7, 11) is 0. The lowest BCUT2D eigenvalue weighted by Gasteiger charge is -2.08. The molecule has 6 rings (SSSR count). The SMILES string of the molecule is O=C(OCCOCCOCCOC(=O)c1ccc2nc(-c3cc(Cl)cc(Cl)c3)oc2c1)c1ccc2nc(-c3cc(Cl)cc(Cl)c3)oc2c1. The third-order valence-corrected chi connectivity index (χ3v) is 7.63. The summed E-state index contributed by atoms with van der Waals surface area (Å²) in [6.07, 6.45) is 0. The van der Waals surface area contributed by atoms with E-state index in [0.29, 0.717) is 76.3 Å². The van der Waals surface area contributed by atoms with Crippen LogP contribution in [0.1, 0.15) is 20.7 Å². The molecule has 0 N–H and O–H groups in total. The average molecular weight is 730 g/mol. The van der Waals surface area contributed by atoms with Crippen molar-refractivity contribution in [2.75, 3.05) is 39.6 Å². The Morgan fingerprint density at radius 1 is 0.521 bits per heavy atom. The van der Waals surface area contributed by atoms with Gasteiger partial charge in [-0.2, -0.15) is 0 Å². The highest BCUT2D eigenvalue weighted by Gasteiger charge is 2.16. The highest BCUT2D eigenvalue weighted by Crippen LogP contribution is 2.31. The first-order chi connectivity index (χ1) is 23.2. The second-order valence-electron chi connectivity index (χ2n) is 10.2. The number of ether oxygens (including phenoxy) is 4. The number of aromatic nitrogens is 2. The van der Waals surface area contributed by atoms with Gasteiger partial charge in [0, 0.05) is 31.2 Å². The summed E-state index contributed by atoms with van der Waals surface area (Å²) in [6.45, 7) is 0.944. The van der Waals surface area contributed by atoms with Gasteiger partial charge in [-0.15, -0.1) is 0 Å². The van der Waals surface area contributed by atoms with Crippen molar-refractivity contribution in [3.05, 3.63) is 104 Å².